The molecule has 2 saturated heterocycles. The molecule has 3 rings (SSSR count). The summed E-state index contributed by atoms with van der Waals surface area (Å²) < 4.78 is 0. The van der Waals surface area contributed by atoms with Gasteiger partial charge in [0.25, 0.3) is 0 Å². The Hall–Kier alpha value is -0.940. The Morgan fingerprint density at radius 1 is 1.00 bits per heavy atom. The van der Waals surface area contributed by atoms with Crippen LogP contribution in [0.3, 0.4) is 0 Å². The second-order valence-corrected chi connectivity index (χ2v) is 8.53. The summed E-state index contributed by atoms with van der Waals surface area (Å²) >= 11 is 0. The lowest BCUT2D eigenvalue weighted by Gasteiger charge is -2.41. The third-order valence-corrected chi connectivity index (χ3v) is 5.77. The van der Waals surface area contributed by atoms with Gasteiger partial charge in [0.1, 0.15) is 0 Å². The Morgan fingerprint density at radius 3 is 2.29 bits per heavy atom. The van der Waals surface area contributed by atoms with E-state index in [1.165, 1.54) is 11.1 Å². The highest BCUT2D eigenvalue weighted by molar-refractivity contribution is 5.27. The van der Waals surface area contributed by atoms with Crippen molar-refractivity contribution < 1.29 is 15.3 Å². The molecule has 2 heterocycles. The minimum absolute atomic E-state index is 0.174. The van der Waals surface area contributed by atoms with Gasteiger partial charge in [-0.3, -0.25) is 4.90 Å². The lowest BCUT2D eigenvalue weighted by atomic mass is 9.86. The van der Waals surface area contributed by atoms with Gasteiger partial charge < -0.3 is 15.3 Å². The van der Waals surface area contributed by atoms with Crippen molar-refractivity contribution in [3.8, 4) is 0 Å². The van der Waals surface area contributed by atoms with E-state index in [4.69, 9.17) is 0 Å². The number of hydrogen-bond donors (Lipinski definition) is 3. The van der Waals surface area contributed by atoms with E-state index in [1.807, 2.05) is 0 Å². The molecule has 2 aliphatic heterocycles. The van der Waals surface area contributed by atoms with Crippen LogP contribution < -0.4 is 0 Å². The van der Waals surface area contributed by atoms with Crippen molar-refractivity contribution in [2.45, 2.75) is 82.3 Å². The highest BCUT2D eigenvalue weighted by Gasteiger charge is 2.48. The molecular formula is C20H31NO3. The molecule has 0 spiro atoms. The zero-order valence-corrected chi connectivity index (χ0v) is 15.0. The Morgan fingerprint density at radius 2 is 1.67 bits per heavy atom. The van der Waals surface area contributed by atoms with Crippen LogP contribution in [0.4, 0.5) is 0 Å². The van der Waals surface area contributed by atoms with Gasteiger partial charge in [-0.05, 0) is 42.2 Å². The standard InChI is InChI=1S/C20H31NO3/c1-20(2,3)14-7-4-13(5-8-14)6-9-15-10-11-16(22)18-19(24)17(23)12-21(15)18/h4-5,7-8,15-19,22-24H,6,9-12H2,1-3H3/t15-,16+,17+,18?,19+/m0/s1. The molecule has 1 unspecified atom stereocenters. The number of benzene rings is 1. The zero-order chi connectivity index (χ0) is 17.5. The molecule has 0 bridgehead atoms. The number of aryl methyl sites for hydroxylation is 1. The minimum Gasteiger partial charge on any atom is -0.391 e. The fourth-order valence-corrected chi connectivity index (χ4v) is 4.23. The summed E-state index contributed by atoms with van der Waals surface area (Å²) in [5.74, 6) is 0. The van der Waals surface area contributed by atoms with Gasteiger partial charge in [-0.25, -0.2) is 0 Å². The van der Waals surface area contributed by atoms with Gasteiger partial charge in [0.15, 0.2) is 0 Å². The Bertz CT molecular complexity index is 551. The predicted molar refractivity (Wildman–Crippen MR) is 95.0 cm³/mol. The van der Waals surface area contributed by atoms with E-state index < -0.39 is 18.3 Å². The van der Waals surface area contributed by atoms with Gasteiger partial charge in [0.2, 0.25) is 0 Å². The Kier molecular flexibility index (Phi) is 5.03. The molecule has 24 heavy (non-hydrogen) atoms. The van der Waals surface area contributed by atoms with Crippen LogP contribution in [0.5, 0.6) is 0 Å². The van der Waals surface area contributed by atoms with E-state index in [0.717, 1.165) is 19.3 Å². The van der Waals surface area contributed by atoms with E-state index in [-0.39, 0.29) is 11.5 Å². The first-order valence-electron chi connectivity index (χ1n) is 9.17. The van der Waals surface area contributed by atoms with Crippen LogP contribution in [0.25, 0.3) is 0 Å². The van der Waals surface area contributed by atoms with Crippen LogP contribution in [-0.4, -0.2) is 57.2 Å². The van der Waals surface area contributed by atoms with E-state index in [9.17, 15) is 15.3 Å². The first kappa shape index (κ1) is 17.9. The topological polar surface area (TPSA) is 63.9 Å². The summed E-state index contributed by atoms with van der Waals surface area (Å²) in [5.41, 5.74) is 2.84. The summed E-state index contributed by atoms with van der Waals surface area (Å²) in [5, 5.41) is 30.2. The molecule has 4 nitrogen and oxygen atoms in total. The first-order chi connectivity index (χ1) is 11.3. The molecule has 0 aliphatic carbocycles. The summed E-state index contributed by atoms with van der Waals surface area (Å²) in [7, 11) is 0. The molecular weight excluding hydrogens is 302 g/mol. The van der Waals surface area contributed by atoms with Crippen LogP contribution in [0.15, 0.2) is 24.3 Å². The molecule has 4 heteroatoms. The predicted octanol–water partition coefficient (Wildman–Crippen LogP) is 1.85. The number of piperidine rings is 1. The van der Waals surface area contributed by atoms with Crippen LogP contribution >= 0.6 is 0 Å². The minimum atomic E-state index is -0.825. The normalized spacial score (nSPS) is 34.3. The number of fused-ring (bicyclic) bond motifs is 1. The molecule has 0 amide bonds. The SMILES string of the molecule is CC(C)(C)c1ccc(CC[C@H]2CC[C@@H](O)C3[C@H](O)[C@H](O)CN32)cc1. The zero-order valence-electron chi connectivity index (χ0n) is 15.0. The second kappa shape index (κ2) is 6.75. The Balaban J connectivity index is 1.62. The summed E-state index contributed by atoms with van der Waals surface area (Å²) in [4.78, 5) is 2.13. The van der Waals surface area contributed by atoms with Gasteiger partial charge in [-0.1, -0.05) is 45.0 Å². The van der Waals surface area contributed by atoms with Gasteiger partial charge in [0.05, 0.1) is 24.4 Å². The molecule has 2 aliphatic rings. The first-order valence-corrected chi connectivity index (χ1v) is 9.17. The second-order valence-electron chi connectivity index (χ2n) is 8.53. The van der Waals surface area contributed by atoms with Gasteiger partial charge in [-0.15, -0.1) is 0 Å². The van der Waals surface area contributed by atoms with Crippen molar-refractivity contribution in [3.63, 3.8) is 0 Å². The molecule has 3 N–H and O–H groups in total. The van der Waals surface area contributed by atoms with Gasteiger partial charge in [-0.2, -0.15) is 0 Å². The van der Waals surface area contributed by atoms with Crippen molar-refractivity contribution in [1.82, 2.24) is 4.90 Å². The maximum absolute atomic E-state index is 10.2. The molecule has 0 aromatic heterocycles. The van der Waals surface area contributed by atoms with Crippen molar-refractivity contribution in [1.29, 1.82) is 0 Å². The van der Waals surface area contributed by atoms with Crippen molar-refractivity contribution in [2.24, 2.45) is 0 Å². The molecule has 134 valence electrons. The number of aliphatic hydroxyl groups is 3. The van der Waals surface area contributed by atoms with Crippen molar-refractivity contribution in [2.75, 3.05) is 6.54 Å². The summed E-state index contributed by atoms with van der Waals surface area (Å²) in [6.45, 7) is 7.13. The van der Waals surface area contributed by atoms with E-state index >= 15 is 0 Å². The summed E-state index contributed by atoms with van der Waals surface area (Å²) in [6, 6.07) is 8.87. The molecule has 1 aromatic carbocycles. The third-order valence-electron chi connectivity index (χ3n) is 5.77. The van der Waals surface area contributed by atoms with E-state index in [2.05, 4.69) is 49.9 Å². The number of hydrogen-bond acceptors (Lipinski definition) is 4. The maximum Gasteiger partial charge on any atom is 0.0991 e. The quantitative estimate of drug-likeness (QED) is 0.790. The highest BCUT2D eigenvalue weighted by Crippen LogP contribution is 2.34. The summed E-state index contributed by atoms with van der Waals surface area (Å²) in [6.07, 6.45) is 1.53. The molecule has 5 atom stereocenters. The van der Waals surface area contributed by atoms with Crippen LogP contribution in [0.2, 0.25) is 0 Å². The molecule has 0 radical (unpaired) electrons. The van der Waals surface area contributed by atoms with Crippen molar-refractivity contribution >= 4 is 0 Å². The largest absolute Gasteiger partial charge is 0.391 e. The molecule has 2 fully saturated rings. The fraction of sp³-hybridized carbons (Fsp3) is 0.700. The third kappa shape index (κ3) is 3.52. The maximum atomic E-state index is 10.2. The molecule has 0 saturated carbocycles. The monoisotopic (exact) mass is 333 g/mol. The van der Waals surface area contributed by atoms with Gasteiger partial charge in [0, 0.05) is 12.6 Å². The van der Waals surface area contributed by atoms with Crippen LogP contribution in [-0.2, 0) is 11.8 Å². The van der Waals surface area contributed by atoms with Crippen LogP contribution in [0, 0.1) is 0 Å². The fourth-order valence-electron chi connectivity index (χ4n) is 4.23. The lowest BCUT2D eigenvalue weighted by molar-refractivity contribution is -0.0463. The average Bonchev–Trinajstić information content (AvgIpc) is 2.83. The van der Waals surface area contributed by atoms with E-state index in [0.29, 0.717) is 19.0 Å². The number of aliphatic hydroxyl groups excluding tert-OH is 3. The average molecular weight is 333 g/mol. The smallest absolute Gasteiger partial charge is 0.0991 e. The molecule has 1 aromatic rings. The highest BCUT2D eigenvalue weighted by atomic mass is 16.3. The van der Waals surface area contributed by atoms with Gasteiger partial charge >= 0.3 is 0 Å². The lowest BCUT2D eigenvalue weighted by Crippen LogP contribution is -2.53. The van der Waals surface area contributed by atoms with E-state index in [1.54, 1.807) is 0 Å². The van der Waals surface area contributed by atoms with Crippen LogP contribution in [0.1, 0.15) is 51.2 Å². The number of nitrogens with zero attached hydrogens (tertiary/aromatic N) is 1. The Labute approximate surface area is 145 Å². The van der Waals surface area contributed by atoms with Crippen molar-refractivity contribution in [3.05, 3.63) is 35.4 Å². The number of rotatable bonds is 3.